The maximum absolute atomic E-state index is 11.5. The Morgan fingerprint density at radius 2 is 2.20 bits per heavy atom. The summed E-state index contributed by atoms with van der Waals surface area (Å²) in [4.78, 5) is 11.5. The molecule has 15 heavy (non-hydrogen) atoms. The fourth-order valence-electron chi connectivity index (χ4n) is 0.979. The third-order valence-corrected chi connectivity index (χ3v) is 1.87. The summed E-state index contributed by atoms with van der Waals surface area (Å²) in [6, 6.07) is 7.08. The first kappa shape index (κ1) is 11.3. The fraction of sp³-hybridized carbons (Fsp3) is 0.250. The van der Waals surface area contributed by atoms with E-state index < -0.39 is 5.54 Å². The molecule has 0 aliphatic heterocycles. The van der Waals surface area contributed by atoms with Crippen LogP contribution in [0.5, 0.6) is 0 Å². The lowest BCUT2D eigenvalue weighted by Crippen LogP contribution is -2.45. The second kappa shape index (κ2) is 4.16. The molecular weight excluding hydrogens is 188 g/mol. The van der Waals surface area contributed by atoms with Crippen molar-refractivity contribution in [3.05, 3.63) is 29.8 Å². The monoisotopic (exact) mass is 202 g/mol. The van der Waals surface area contributed by atoms with Crippen LogP contribution < -0.4 is 11.1 Å². The van der Waals surface area contributed by atoms with Gasteiger partial charge >= 0.3 is 0 Å². The van der Waals surface area contributed by atoms with E-state index in [0.29, 0.717) is 5.69 Å². The summed E-state index contributed by atoms with van der Waals surface area (Å²) in [6.07, 6.45) is 5.25. The molecule has 1 rings (SSSR count). The van der Waals surface area contributed by atoms with Crippen LogP contribution in [0.1, 0.15) is 19.4 Å². The Kier molecular flexibility index (Phi) is 3.13. The molecule has 0 radical (unpaired) electrons. The van der Waals surface area contributed by atoms with E-state index in [4.69, 9.17) is 12.2 Å². The fourth-order valence-corrected chi connectivity index (χ4v) is 0.979. The van der Waals surface area contributed by atoms with Crippen LogP contribution in [0.25, 0.3) is 0 Å². The van der Waals surface area contributed by atoms with Crippen LogP contribution in [-0.4, -0.2) is 11.4 Å². The van der Waals surface area contributed by atoms with Crippen LogP contribution in [0.15, 0.2) is 24.3 Å². The summed E-state index contributed by atoms with van der Waals surface area (Å²) in [5.74, 6) is 2.26. The zero-order valence-corrected chi connectivity index (χ0v) is 8.87. The summed E-state index contributed by atoms with van der Waals surface area (Å²) in [6.45, 7) is 3.29. The molecule has 0 saturated heterocycles. The molecule has 0 aliphatic rings. The van der Waals surface area contributed by atoms with Gasteiger partial charge in [-0.3, -0.25) is 4.79 Å². The molecule has 0 unspecified atom stereocenters. The van der Waals surface area contributed by atoms with Gasteiger partial charge in [-0.25, -0.2) is 0 Å². The zero-order valence-electron chi connectivity index (χ0n) is 8.87. The number of nitrogens with one attached hydrogen (secondary N) is 1. The average molecular weight is 202 g/mol. The molecule has 3 N–H and O–H groups in total. The number of carbonyl (C=O) groups is 1. The second-order valence-electron chi connectivity index (χ2n) is 3.90. The van der Waals surface area contributed by atoms with Gasteiger partial charge in [0, 0.05) is 11.3 Å². The molecule has 3 heteroatoms. The second-order valence-corrected chi connectivity index (χ2v) is 3.90. The lowest BCUT2D eigenvalue weighted by molar-refractivity contribution is -0.120. The molecule has 0 heterocycles. The molecule has 1 amide bonds. The summed E-state index contributed by atoms with van der Waals surface area (Å²) < 4.78 is 0. The molecule has 0 fully saturated rings. The molecule has 3 nitrogen and oxygen atoms in total. The van der Waals surface area contributed by atoms with Crippen molar-refractivity contribution >= 4 is 11.6 Å². The number of anilines is 1. The predicted octanol–water partition coefficient (Wildman–Crippen LogP) is 1.34. The largest absolute Gasteiger partial charge is 0.324 e. The van der Waals surface area contributed by atoms with Crippen molar-refractivity contribution in [2.45, 2.75) is 19.4 Å². The Morgan fingerprint density at radius 1 is 1.53 bits per heavy atom. The van der Waals surface area contributed by atoms with Crippen molar-refractivity contribution in [1.82, 2.24) is 0 Å². The highest BCUT2D eigenvalue weighted by Crippen LogP contribution is 2.11. The molecule has 78 valence electrons. The van der Waals surface area contributed by atoms with Crippen molar-refractivity contribution in [3.8, 4) is 12.3 Å². The van der Waals surface area contributed by atoms with Gasteiger partial charge in [0.05, 0.1) is 5.54 Å². The Labute approximate surface area is 89.7 Å². The van der Waals surface area contributed by atoms with Crippen LogP contribution >= 0.6 is 0 Å². The summed E-state index contributed by atoms with van der Waals surface area (Å²) in [7, 11) is 0. The van der Waals surface area contributed by atoms with Crippen molar-refractivity contribution in [3.63, 3.8) is 0 Å². The number of benzene rings is 1. The van der Waals surface area contributed by atoms with Crippen molar-refractivity contribution in [1.29, 1.82) is 0 Å². The summed E-state index contributed by atoms with van der Waals surface area (Å²) >= 11 is 0. The maximum Gasteiger partial charge on any atom is 0.243 e. The lowest BCUT2D eigenvalue weighted by Gasteiger charge is -2.17. The predicted molar refractivity (Wildman–Crippen MR) is 61.3 cm³/mol. The van der Waals surface area contributed by atoms with E-state index in [1.807, 2.05) is 0 Å². The van der Waals surface area contributed by atoms with Crippen molar-refractivity contribution < 1.29 is 4.79 Å². The van der Waals surface area contributed by atoms with E-state index >= 15 is 0 Å². The minimum Gasteiger partial charge on any atom is -0.324 e. The Hall–Kier alpha value is -1.79. The van der Waals surface area contributed by atoms with Gasteiger partial charge < -0.3 is 11.1 Å². The molecule has 0 atom stereocenters. The van der Waals surface area contributed by atoms with Gasteiger partial charge in [-0.2, -0.15) is 0 Å². The standard InChI is InChI=1S/C12H14N2O/c1-4-9-6-5-7-10(8-9)14-11(15)12(2,3)13/h1,5-8H,13H2,2-3H3,(H,14,15). The highest BCUT2D eigenvalue weighted by atomic mass is 16.2. The zero-order chi connectivity index (χ0) is 11.5. The molecule has 1 aromatic rings. The number of hydrogen-bond acceptors (Lipinski definition) is 2. The number of amides is 1. The molecule has 0 bridgehead atoms. The normalized spacial score (nSPS) is 10.5. The van der Waals surface area contributed by atoms with Gasteiger partial charge in [0.25, 0.3) is 0 Å². The first-order valence-electron chi connectivity index (χ1n) is 4.60. The van der Waals surface area contributed by atoms with Crippen LogP contribution in [-0.2, 0) is 4.79 Å². The van der Waals surface area contributed by atoms with E-state index in [-0.39, 0.29) is 5.91 Å². The van der Waals surface area contributed by atoms with Crippen LogP contribution in [0.2, 0.25) is 0 Å². The van der Waals surface area contributed by atoms with Crippen LogP contribution in [0.4, 0.5) is 5.69 Å². The molecular formula is C12H14N2O. The van der Waals surface area contributed by atoms with Crippen molar-refractivity contribution in [2.75, 3.05) is 5.32 Å². The van der Waals surface area contributed by atoms with Gasteiger partial charge in [0.1, 0.15) is 0 Å². The average Bonchev–Trinajstić information content (AvgIpc) is 2.16. The third kappa shape index (κ3) is 3.12. The van der Waals surface area contributed by atoms with E-state index in [0.717, 1.165) is 5.56 Å². The quantitative estimate of drug-likeness (QED) is 0.711. The molecule has 0 aliphatic carbocycles. The maximum atomic E-state index is 11.5. The Balaban J connectivity index is 2.83. The summed E-state index contributed by atoms with van der Waals surface area (Å²) in [5.41, 5.74) is 6.13. The van der Waals surface area contributed by atoms with Gasteiger partial charge in [0.15, 0.2) is 0 Å². The lowest BCUT2D eigenvalue weighted by atomic mass is 10.1. The van der Waals surface area contributed by atoms with E-state index in [9.17, 15) is 4.79 Å². The third-order valence-electron chi connectivity index (χ3n) is 1.87. The van der Waals surface area contributed by atoms with Crippen LogP contribution in [0, 0.1) is 12.3 Å². The Bertz CT molecular complexity index is 410. The molecule has 0 saturated carbocycles. The highest BCUT2D eigenvalue weighted by molar-refractivity contribution is 5.97. The number of hydrogen-bond donors (Lipinski definition) is 2. The van der Waals surface area contributed by atoms with Gasteiger partial charge in [0.2, 0.25) is 5.91 Å². The van der Waals surface area contributed by atoms with Gasteiger partial charge in [-0.1, -0.05) is 12.0 Å². The number of carbonyl (C=O) groups excluding carboxylic acids is 1. The van der Waals surface area contributed by atoms with E-state index in [1.54, 1.807) is 38.1 Å². The van der Waals surface area contributed by atoms with E-state index in [1.165, 1.54) is 0 Å². The van der Waals surface area contributed by atoms with Crippen LogP contribution in [0.3, 0.4) is 0 Å². The minimum atomic E-state index is -0.897. The smallest absolute Gasteiger partial charge is 0.243 e. The highest BCUT2D eigenvalue weighted by Gasteiger charge is 2.21. The summed E-state index contributed by atoms with van der Waals surface area (Å²) in [5, 5.41) is 2.70. The van der Waals surface area contributed by atoms with Gasteiger partial charge in [-0.15, -0.1) is 6.42 Å². The number of terminal acetylenes is 1. The van der Waals surface area contributed by atoms with Gasteiger partial charge in [-0.05, 0) is 32.0 Å². The first-order chi connectivity index (χ1) is 6.93. The minimum absolute atomic E-state index is 0.239. The first-order valence-corrected chi connectivity index (χ1v) is 4.60. The molecule has 0 spiro atoms. The Morgan fingerprint density at radius 3 is 2.73 bits per heavy atom. The van der Waals surface area contributed by atoms with E-state index in [2.05, 4.69) is 11.2 Å². The molecule has 1 aromatic carbocycles. The SMILES string of the molecule is C#Cc1cccc(NC(=O)C(C)(C)N)c1. The van der Waals surface area contributed by atoms with Crippen molar-refractivity contribution in [2.24, 2.45) is 5.73 Å². The molecule has 0 aromatic heterocycles. The number of nitrogens with two attached hydrogens (primary N) is 1. The number of rotatable bonds is 2. The topological polar surface area (TPSA) is 55.1 Å².